The molecule has 2 aromatic rings. The number of ether oxygens (including phenoxy) is 1. The van der Waals surface area contributed by atoms with Gasteiger partial charge in [-0.1, -0.05) is 31.5 Å². The Hall–Kier alpha value is -3.35. The minimum absolute atomic E-state index is 0.312. The first-order valence-corrected chi connectivity index (χ1v) is 8.81. The Labute approximate surface area is 157 Å². The first-order valence-electron chi connectivity index (χ1n) is 8.81. The van der Waals surface area contributed by atoms with E-state index in [1.54, 1.807) is 24.3 Å². The Morgan fingerprint density at radius 1 is 1.07 bits per heavy atom. The maximum Gasteiger partial charge on any atom is 0.325 e. The quantitative estimate of drug-likeness (QED) is 0.736. The zero-order valence-electron chi connectivity index (χ0n) is 15.0. The van der Waals surface area contributed by atoms with Crippen LogP contribution in [0.25, 0.3) is 0 Å². The molecule has 1 aliphatic rings. The summed E-state index contributed by atoms with van der Waals surface area (Å²) in [6.45, 7) is 1.62. The summed E-state index contributed by atoms with van der Waals surface area (Å²) in [5.41, 5.74) is 0.553. The Kier molecular flexibility index (Phi) is 5.71. The normalized spacial score (nSPS) is 16.2. The second-order valence-corrected chi connectivity index (χ2v) is 6.20. The standard InChI is InChI=1S/C20H21N3O4/c1-2-6-17-19(25)23(20(26)22-17)13-18(24)21-14-9-11-16(12-10-14)27-15-7-4-3-5-8-15/h3-5,7-12,17H,2,6,13H2,1H3,(H,21,24)(H,22,26)/t17-/m1/s1. The number of benzene rings is 2. The highest BCUT2D eigenvalue weighted by Crippen LogP contribution is 2.22. The molecule has 7 nitrogen and oxygen atoms in total. The second-order valence-electron chi connectivity index (χ2n) is 6.20. The third kappa shape index (κ3) is 4.63. The van der Waals surface area contributed by atoms with Gasteiger partial charge in [-0.15, -0.1) is 0 Å². The molecule has 27 heavy (non-hydrogen) atoms. The molecule has 0 unspecified atom stereocenters. The molecule has 0 bridgehead atoms. The molecule has 3 rings (SSSR count). The van der Waals surface area contributed by atoms with E-state index in [0.717, 1.165) is 17.1 Å². The fraction of sp³-hybridized carbons (Fsp3) is 0.250. The van der Waals surface area contributed by atoms with Crippen molar-refractivity contribution in [3.05, 3.63) is 54.6 Å². The van der Waals surface area contributed by atoms with Gasteiger partial charge in [-0.3, -0.25) is 14.5 Å². The largest absolute Gasteiger partial charge is 0.457 e. The van der Waals surface area contributed by atoms with Crippen LogP contribution in [0.1, 0.15) is 19.8 Å². The Balaban J connectivity index is 1.55. The lowest BCUT2D eigenvalue weighted by atomic mass is 10.2. The molecular weight excluding hydrogens is 346 g/mol. The van der Waals surface area contributed by atoms with Crippen LogP contribution in [-0.4, -0.2) is 35.3 Å². The first kappa shape index (κ1) is 18.4. The van der Waals surface area contributed by atoms with Crippen molar-refractivity contribution in [3.8, 4) is 11.5 Å². The van der Waals surface area contributed by atoms with E-state index in [9.17, 15) is 14.4 Å². The number of urea groups is 1. The maximum atomic E-state index is 12.2. The van der Waals surface area contributed by atoms with Crippen molar-refractivity contribution in [2.24, 2.45) is 0 Å². The van der Waals surface area contributed by atoms with E-state index in [1.807, 2.05) is 37.3 Å². The molecular formula is C20H21N3O4. The summed E-state index contributed by atoms with van der Waals surface area (Å²) in [5, 5.41) is 5.27. The van der Waals surface area contributed by atoms with Crippen LogP contribution in [0.4, 0.5) is 10.5 Å². The summed E-state index contributed by atoms with van der Waals surface area (Å²) in [7, 11) is 0. The first-order chi connectivity index (χ1) is 13.1. The number of anilines is 1. The number of amides is 4. The zero-order chi connectivity index (χ0) is 19.2. The van der Waals surface area contributed by atoms with Crippen LogP contribution in [-0.2, 0) is 9.59 Å². The SMILES string of the molecule is CCC[C@H]1NC(=O)N(CC(=O)Nc2ccc(Oc3ccccc3)cc2)C1=O. The van der Waals surface area contributed by atoms with Crippen molar-refractivity contribution >= 4 is 23.5 Å². The molecule has 1 atom stereocenters. The number of carbonyl (C=O) groups excluding carboxylic acids is 3. The number of hydrogen-bond acceptors (Lipinski definition) is 4. The topological polar surface area (TPSA) is 87.7 Å². The summed E-state index contributed by atoms with van der Waals surface area (Å²) in [6, 6.07) is 15.1. The molecule has 0 radical (unpaired) electrons. The number of imide groups is 1. The van der Waals surface area contributed by atoms with Crippen LogP contribution in [0, 0.1) is 0 Å². The Morgan fingerprint density at radius 2 is 1.74 bits per heavy atom. The van der Waals surface area contributed by atoms with E-state index in [1.165, 1.54) is 0 Å². The minimum atomic E-state index is -0.537. The van der Waals surface area contributed by atoms with Crippen molar-refractivity contribution in [1.29, 1.82) is 0 Å². The van der Waals surface area contributed by atoms with Crippen LogP contribution in [0.5, 0.6) is 11.5 Å². The van der Waals surface area contributed by atoms with Gasteiger partial charge in [0.2, 0.25) is 5.91 Å². The summed E-state index contributed by atoms with van der Waals surface area (Å²) < 4.78 is 5.69. The molecule has 1 aliphatic heterocycles. The summed E-state index contributed by atoms with van der Waals surface area (Å²) in [6.07, 6.45) is 1.33. The molecule has 7 heteroatoms. The van der Waals surface area contributed by atoms with Gasteiger partial charge in [0, 0.05) is 5.69 Å². The third-order valence-electron chi connectivity index (χ3n) is 4.10. The molecule has 0 spiro atoms. The number of nitrogens with zero attached hydrogens (tertiary/aromatic N) is 1. The fourth-order valence-electron chi connectivity index (χ4n) is 2.79. The van der Waals surface area contributed by atoms with E-state index >= 15 is 0 Å². The maximum absolute atomic E-state index is 12.2. The van der Waals surface area contributed by atoms with Gasteiger partial charge in [0.1, 0.15) is 24.1 Å². The minimum Gasteiger partial charge on any atom is -0.457 e. The average molecular weight is 367 g/mol. The van der Waals surface area contributed by atoms with Crippen LogP contribution in [0.15, 0.2) is 54.6 Å². The summed E-state index contributed by atoms with van der Waals surface area (Å²) in [5.74, 6) is 0.557. The van der Waals surface area contributed by atoms with Gasteiger partial charge in [0.25, 0.3) is 5.91 Å². The number of nitrogens with one attached hydrogen (secondary N) is 2. The molecule has 1 fully saturated rings. The van der Waals surface area contributed by atoms with Crippen molar-refractivity contribution in [3.63, 3.8) is 0 Å². The molecule has 0 saturated carbocycles. The number of carbonyl (C=O) groups is 3. The zero-order valence-corrected chi connectivity index (χ0v) is 15.0. The summed E-state index contributed by atoms with van der Waals surface area (Å²) >= 11 is 0. The molecule has 2 aromatic carbocycles. The average Bonchev–Trinajstić information content (AvgIpc) is 2.92. The van der Waals surface area contributed by atoms with Crippen LogP contribution in [0.3, 0.4) is 0 Å². The van der Waals surface area contributed by atoms with E-state index in [0.29, 0.717) is 17.9 Å². The van der Waals surface area contributed by atoms with Crippen molar-refractivity contribution in [2.75, 3.05) is 11.9 Å². The molecule has 0 aliphatic carbocycles. The van der Waals surface area contributed by atoms with E-state index in [2.05, 4.69) is 10.6 Å². The fourth-order valence-corrected chi connectivity index (χ4v) is 2.79. The van der Waals surface area contributed by atoms with E-state index in [4.69, 9.17) is 4.74 Å². The predicted octanol–water partition coefficient (Wildman–Crippen LogP) is 3.14. The van der Waals surface area contributed by atoms with Crippen molar-refractivity contribution in [2.45, 2.75) is 25.8 Å². The van der Waals surface area contributed by atoms with Gasteiger partial charge in [-0.2, -0.15) is 0 Å². The smallest absolute Gasteiger partial charge is 0.325 e. The third-order valence-corrected chi connectivity index (χ3v) is 4.10. The highest BCUT2D eigenvalue weighted by atomic mass is 16.5. The van der Waals surface area contributed by atoms with E-state index in [-0.39, 0.29) is 12.5 Å². The molecule has 1 saturated heterocycles. The lowest BCUT2D eigenvalue weighted by Crippen LogP contribution is -2.38. The highest BCUT2D eigenvalue weighted by molar-refractivity contribution is 6.07. The number of para-hydroxylation sites is 1. The van der Waals surface area contributed by atoms with Gasteiger partial charge >= 0.3 is 6.03 Å². The molecule has 140 valence electrons. The van der Waals surface area contributed by atoms with Gasteiger partial charge in [0.15, 0.2) is 0 Å². The second kappa shape index (κ2) is 8.35. The molecule has 2 N–H and O–H groups in total. The Morgan fingerprint density at radius 3 is 2.41 bits per heavy atom. The molecule has 1 heterocycles. The van der Waals surface area contributed by atoms with Crippen LogP contribution in [0.2, 0.25) is 0 Å². The Bertz CT molecular complexity index is 821. The van der Waals surface area contributed by atoms with Crippen LogP contribution < -0.4 is 15.4 Å². The van der Waals surface area contributed by atoms with Crippen molar-refractivity contribution < 1.29 is 19.1 Å². The molecule has 0 aromatic heterocycles. The number of hydrogen-bond donors (Lipinski definition) is 2. The van der Waals surface area contributed by atoms with Gasteiger partial charge in [-0.25, -0.2) is 4.79 Å². The van der Waals surface area contributed by atoms with Crippen molar-refractivity contribution in [1.82, 2.24) is 10.2 Å². The highest BCUT2D eigenvalue weighted by Gasteiger charge is 2.38. The van der Waals surface area contributed by atoms with Gasteiger partial charge in [-0.05, 0) is 42.8 Å². The van der Waals surface area contributed by atoms with Gasteiger partial charge in [0.05, 0.1) is 0 Å². The number of rotatable bonds is 7. The lowest BCUT2D eigenvalue weighted by Gasteiger charge is -2.13. The van der Waals surface area contributed by atoms with E-state index < -0.39 is 18.0 Å². The summed E-state index contributed by atoms with van der Waals surface area (Å²) in [4.78, 5) is 37.2. The molecule has 4 amide bonds. The monoisotopic (exact) mass is 367 g/mol. The van der Waals surface area contributed by atoms with Crippen LogP contribution >= 0.6 is 0 Å². The lowest BCUT2D eigenvalue weighted by molar-refractivity contribution is -0.130. The predicted molar refractivity (Wildman–Crippen MR) is 101 cm³/mol. The van der Waals surface area contributed by atoms with Gasteiger partial charge < -0.3 is 15.4 Å².